The van der Waals surface area contributed by atoms with Gasteiger partial charge in [-0.15, -0.1) is 0 Å². The summed E-state index contributed by atoms with van der Waals surface area (Å²) in [6.45, 7) is 1.81. The summed E-state index contributed by atoms with van der Waals surface area (Å²) in [6.07, 6.45) is 3.53. The van der Waals surface area contributed by atoms with Crippen molar-refractivity contribution in [3.63, 3.8) is 0 Å². The molecule has 0 aromatic carbocycles. The van der Waals surface area contributed by atoms with Gasteiger partial charge in [0.2, 0.25) is 0 Å². The molecule has 0 bridgehead atoms. The average Bonchev–Trinajstić information content (AvgIpc) is 2.17. The molecule has 6 heteroatoms. The smallest absolute Gasteiger partial charge is 0.164 e. The minimum Gasteiger partial charge on any atom is -0.286 e. The Bertz CT molecular complexity index is 282. The molecule has 1 unspecified atom stereocenters. The summed E-state index contributed by atoms with van der Waals surface area (Å²) in [5.74, 6) is 1.79. The Morgan fingerprint density at radius 1 is 1.47 bits per heavy atom. The average molecular weight is 316 g/mol. The van der Waals surface area contributed by atoms with Gasteiger partial charge in [0.05, 0.1) is 0 Å². The Labute approximate surface area is 105 Å². The second-order valence-corrected chi connectivity index (χ2v) is 7.94. The van der Waals surface area contributed by atoms with Crippen molar-refractivity contribution in [2.75, 3.05) is 36.2 Å². The largest absolute Gasteiger partial charge is 0.286 e. The SMILES string of the molecule is CS(=O)(=O)C1CSCCN1CCCCBr. The van der Waals surface area contributed by atoms with Crippen LogP contribution in [0.5, 0.6) is 0 Å². The van der Waals surface area contributed by atoms with Gasteiger partial charge >= 0.3 is 0 Å². The third-order valence-corrected chi connectivity index (χ3v) is 5.76. The highest BCUT2D eigenvalue weighted by Crippen LogP contribution is 2.20. The molecule has 1 heterocycles. The molecule has 0 aromatic heterocycles. The lowest BCUT2D eigenvalue weighted by Crippen LogP contribution is -2.47. The van der Waals surface area contributed by atoms with Gasteiger partial charge in [0.25, 0.3) is 0 Å². The van der Waals surface area contributed by atoms with Crippen LogP contribution in [0, 0.1) is 0 Å². The number of unbranched alkanes of at least 4 members (excludes halogenated alkanes) is 1. The fourth-order valence-electron chi connectivity index (χ4n) is 1.67. The molecular formula is C9H18BrNO2S2. The van der Waals surface area contributed by atoms with Crippen molar-refractivity contribution >= 4 is 37.5 Å². The van der Waals surface area contributed by atoms with Crippen LogP contribution in [0.2, 0.25) is 0 Å². The fraction of sp³-hybridized carbons (Fsp3) is 1.00. The van der Waals surface area contributed by atoms with Crippen molar-refractivity contribution in [3.8, 4) is 0 Å². The summed E-state index contributed by atoms with van der Waals surface area (Å²) < 4.78 is 23.1. The van der Waals surface area contributed by atoms with Crippen LogP contribution in [-0.2, 0) is 9.84 Å². The Balaban J connectivity index is 2.51. The van der Waals surface area contributed by atoms with E-state index in [0.717, 1.165) is 42.8 Å². The molecule has 0 spiro atoms. The summed E-state index contributed by atoms with van der Waals surface area (Å²) in [6, 6.07) is 0. The first-order valence-electron chi connectivity index (χ1n) is 5.12. The molecule has 0 aliphatic carbocycles. The van der Waals surface area contributed by atoms with Gasteiger partial charge in [0, 0.05) is 29.6 Å². The number of hydrogen-bond donors (Lipinski definition) is 0. The molecule has 0 amide bonds. The number of halogens is 1. The number of nitrogens with zero attached hydrogens (tertiary/aromatic N) is 1. The van der Waals surface area contributed by atoms with E-state index >= 15 is 0 Å². The van der Waals surface area contributed by atoms with Crippen LogP contribution < -0.4 is 0 Å². The van der Waals surface area contributed by atoms with Gasteiger partial charge in [0.15, 0.2) is 9.84 Å². The van der Waals surface area contributed by atoms with Gasteiger partial charge in [-0.1, -0.05) is 15.9 Å². The van der Waals surface area contributed by atoms with Crippen LogP contribution in [0.1, 0.15) is 12.8 Å². The molecule has 0 radical (unpaired) electrons. The van der Waals surface area contributed by atoms with Crippen molar-refractivity contribution in [3.05, 3.63) is 0 Å². The van der Waals surface area contributed by atoms with E-state index in [1.54, 1.807) is 11.8 Å². The maximum absolute atomic E-state index is 11.6. The standard InChI is InChI=1S/C9H18BrNO2S2/c1-15(12,13)9-8-14-7-6-11(9)5-3-2-4-10/h9H,2-8H2,1H3. The Morgan fingerprint density at radius 3 is 2.80 bits per heavy atom. The van der Waals surface area contributed by atoms with Crippen molar-refractivity contribution in [1.29, 1.82) is 0 Å². The summed E-state index contributed by atoms with van der Waals surface area (Å²) in [7, 11) is -2.92. The van der Waals surface area contributed by atoms with Crippen LogP contribution in [0.25, 0.3) is 0 Å². The number of thioether (sulfide) groups is 1. The van der Waals surface area contributed by atoms with Gasteiger partial charge in [0.1, 0.15) is 5.37 Å². The summed E-state index contributed by atoms with van der Waals surface area (Å²) in [4.78, 5) is 2.12. The minimum absolute atomic E-state index is 0.258. The van der Waals surface area contributed by atoms with E-state index in [0.29, 0.717) is 0 Å². The third kappa shape index (κ3) is 4.63. The monoisotopic (exact) mass is 315 g/mol. The first kappa shape index (κ1) is 13.8. The Kier molecular flexibility index (Phi) is 5.95. The molecule has 1 fully saturated rings. The fourth-order valence-corrected chi connectivity index (χ4v) is 5.04. The van der Waals surface area contributed by atoms with E-state index in [1.807, 2.05) is 0 Å². The zero-order valence-corrected chi connectivity index (χ0v) is 12.2. The van der Waals surface area contributed by atoms with E-state index in [1.165, 1.54) is 6.26 Å². The van der Waals surface area contributed by atoms with Crippen LogP contribution in [0.3, 0.4) is 0 Å². The minimum atomic E-state index is -2.92. The number of sulfone groups is 1. The van der Waals surface area contributed by atoms with Gasteiger partial charge in [-0.05, 0) is 19.4 Å². The van der Waals surface area contributed by atoms with Crippen LogP contribution in [-0.4, -0.2) is 54.9 Å². The molecule has 15 heavy (non-hydrogen) atoms. The molecule has 3 nitrogen and oxygen atoms in total. The van der Waals surface area contributed by atoms with E-state index in [-0.39, 0.29) is 5.37 Å². The van der Waals surface area contributed by atoms with Crippen molar-refractivity contribution < 1.29 is 8.42 Å². The molecule has 1 aliphatic heterocycles. The Hall–Kier alpha value is 0.740. The number of hydrogen-bond acceptors (Lipinski definition) is 4. The van der Waals surface area contributed by atoms with Crippen molar-refractivity contribution in [2.24, 2.45) is 0 Å². The van der Waals surface area contributed by atoms with E-state index in [2.05, 4.69) is 20.8 Å². The maximum atomic E-state index is 11.6. The van der Waals surface area contributed by atoms with Gasteiger partial charge < -0.3 is 0 Å². The lowest BCUT2D eigenvalue weighted by Gasteiger charge is -2.33. The molecule has 0 aromatic rings. The number of rotatable bonds is 5. The topological polar surface area (TPSA) is 37.4 Å². The van der Waals surface area contributed by atoms with Crippen LogP contribution >= 0.6 is 27.7 Å². The zero-order chi connectivity index (χ0) is 11.3. The lowest BCUT2D eigenvalue weighted by atomic mass is 10.3. The van der Waals surface area contributed by atoms with Crippen LogP contribution in [0.4, 0.5) is 0 Å². The second kappa shape index (κ2) is 6.47. The van der Waals surface area contributed by atoms with E-state index < -0.39 is 9.84 Å². The first-order chi connectivity index (χ1) is 7.05. The highest BCUT2D eigenvalue weighted by atomic mass is 79.9. The predicted molar refractivity (Wildman–Crippen MR) is 70.6 cm³/mol. The van der Waals surface area contributed by atoms with Gasteiger partial charge in [-0.2, -0.15) is 11.8 Å². The lowest BCUT2D eigenvalue weighted by molar-refractivity contribution is 0.267. The summed E-state index contributed by atoms with van der Waals surface area (Å²) in [5.41, 5.74) is 0. The summed E-state index contributed by atoms with van der Waals surface area (Å²) in [5, 5.41) is 0.741. The van der Waals surface area contributed by atoms with Crippen LogP contribution in [0.15, 0.2) is 0 Å². The molecule has 1 aliphatic rings. The van der Waals surface area contributed by atoms with Crippen molar-refractivity contribution in [2.45, 2.75) is 18.2 Å². The molecule has 1 atom stereocenters. The Morgan fingerprint density at radius 2 is 2.20 bits per heavy atom. The van der Waals surface area contributed by atoms with Gasteiger partial charge in [-0.25, -0.2) is 8.42 Å². The van der Waals surface area contributed by atoms with Gasteiger partial charge in [-0.3, -0.25) is 4.90 Å². The van der Waals surface area contributed by atoms with Crippen molar-refractivity contribution in [1.82, 2.24) is 4.90 Å². The second-order valence-electron chi connectivity index (χ2n) is 3.79. The molecular weight excluding hydrogens is 298 g/mol. The number of alkyl halides is 1. The maximum Gasteiger partial charge on any atom is 0.164 e. The molecule has 90 valence electrons. The van der Waals surface area contributed by atoms with E-state index in [9.17, 15) is 8.42 Å². The molecule has 1 saturated heterocycles. The predicted octanol–water partition coefficient (Wildman–Crippen LogP) is 1.58. The van der Waals surface area contributed by atoms with E-state index in [4.69, 9.17) is 0 Å². The molecule has 0 saturated carbocycles. The molecule has 0 N–H and O–H groups in total. The highest BCUT2D eigenvalue weighted by Gasteiger charge is 2.30. The third-order valence-electron chi connectivity index (χ3n) is 2.51. The first-order valence-corrected chi connectivity index (χ1v) is 9.35. The highest BCUT2D eigenvalue weighted by molar-refractivity contribution is 9.09. The molecule has 1 rings (SSSR count). The normalized spacial score (nSPS) is 24.3. The quantitative estimate of drug-likeness (QED) is 0.570. The summed E-state index contributed by atoms with van der Waals surface area (Å²) >= 11 is 5.13. The zero-order valence-electron chi connectivity index (χ0n) is 8.99.